The fraction of sp³-hybridized carbons (Fsp3) is 0.348. The Hall–Kier alpha value is -3.35. The van der Waals surface area contributed by atoms with Crippen molar-refractivity contribution in [2.75, 3.05) is 30.4 Å². The SMILES string of the molecule is CNC(=O)[C@@H]1CC(=O)N(c2ccc(OCC(=O)Nc3c(C)cc(C)cc3C)cc2)C1. The summed E-state index contributed by atoms with van der Waals surface area (Å²) in [7, 11) is 1.57. The topological polar surface area (TPSA) is 87.7 Å². The van der Waals surface area contributed by atoms with E-state index in [1.54, 1.807) is 36.2 Å². The van der Waals surface area contributed by atoms with E-state index in [2.05, 4.69) is 10.6 Å². The Balaban J connectivity index is 1.57. The molecule has 2 aromatic carbocycles. The molecule has 0 aromatic heterocycles. The summed E-state index contributed by atoms with van der Waals surface area (Å²) < 4.78 is 5.59. The number of carbonyl (C=O) groups excluding carboxylic acids is 3. The molecule has 7 heteroatoms. The summed E-state index contributed by atoms with van der Waals surface area (Å²) in [6.07, 6.45) is 0.204. The van der Waals surface area contributed by atoms with Crippen LogP contribution in [0.3, 0.4) is 0 Å². The molecule has 0 aliphatic carbocycles. The van der Waals surface area contributed by atoms with Gasteiger partial charge in [-0.2, -0.15) is 0 Å². The largest absolute Gasteiger partial charge is 0.484 e. The first-order valence-electron chi connectivity index (χ1n) is 9.91. The van der Waals surface area contributed by atoms with Crippen molar-refractivity contribution in [2.45, 2.75) is 27.2 Å². The van der Waals surface area contributed by atoms with Crippen LogP contribution in [0.5, 0.6) is 5.75 Å². The monoisotopic (exact) mass is 409 g/mol. The van der Waals surface area contributed by atoms with Crippen LogP contribution in [0, 0.1) is 26.7 Å². The van der Waals surface area contributed by atoms with Crippen LogP contribution in [-0.2, 0) is 14.4 Å². The molecule has 3 rings (SSSR count). The molecular formula is C23H27N3O4. The molecule has 2 aromatic rings. The third kappa shape index (κ3) is 4.79. The fourth-order valence-corrected chi connectivity index (χ4v) is 3.76. The van der Waals surface area contributed by atoms with Crippen molar-refractivity contribution < 1.29 is 19.1 Å². The molecule has 30 heavy (non-hydrogen) atoms. The van der Waals surface area contributed by atoms with E-state index in [-0.39, 0.29) is 36.7 Å². The number of ether oxygens (including phenoxy) is 1. The molecule has 7 nitrogen and oxygen atoms in total. The lowest BCUT2D eigenvalue weighted by atomic mass is 10.1. The standard InChI is InChI=1S/C23H27N3O4/c1-14-9-15(2)22(16(3)10-14)25-20(27)13-30-19-7-5-18(6-8-19)26-12-17(11-21(26)28)23(29)24-4/h5-10,17H,11-13H2,1-4H3,(H,24,29)(H,25,27)/t17-/m1/s1. The van der Waals surface area contributed by atoms with E-state index in [1.165, 1.54) is 0 Å². The Morgan fingerprint density at radius 2 is 1.73 bits per heavy atom. The molecule has 1 heterocycles. The van der Waals surface area contributed by atoms with E-state index in [0.29, 0.717) is 18.0 Å². The lowest BCUT2D eigenvalue weighted by Gasteiger charge is -2.17. The van der Waals surface area contributed by atoms with Gasteiger partial charge in [0, 0.05) is 31.4 Å². The van der Waals surface area contributed by atoms with Gasteiger partial charge in [0.05, 0.1) is 5.92 Å². The zero-order valence-corrected chi connectivity index (χ0v) is 17.7. The summed E-state index contributed by atoms with van der Waals surface area (Å²) >= 11 is 0. The van der Waals surface area contributed by atoms with Gasteiger partial charge in [-0.3, -0.25) is 14.4 Å². The van der Waals surface area contributed by atoms with E-state index < -0.39 is 0 Å². The Morgan fingerprint density at radius 1 is 1.10 bits per heavy atom. The highest BCUT2D eigenvalue weighted by Gasteiger charge is 2.34. The number of nitrogens with one attached hydrogen (secondary N) is 2. The third-order valence-corrected chi connectivity index (χ3v) is 5.20. The Labute approximate surface area is 176 Å². The number of nitrogens with zero attached hydrogens (tertiary/aromatic N) is 1. The summed E-state index contributed by atoms with van der Waals surface area (Å²) in [4.78, 5) is 37.9. The summed E-state index contributed by atoms with van der Waals surface area (Å²) in [6, 6.07) is 11.0. The van der Waals surface area contributed by atoms with Crippen LogP contribution in [0.2, 0.25) is 0 Å². The van der Waals surface area contributed by atoms with Gasteiger partial charge in [0.1, 0.15) is 5.75 Å². The van der Waals surface area contributed by atoms with Crippen molar-refractivity contribution in [3.63, 3.8) is 0 Å². The van der Waals surface area contributed by atoms with Gasteiger partial charge in [0.2, 0.25) is 11.8 Å². The van der Waals surface area contributed by atoms with Crippen LogP contribution in [0.4, 0.5) is 11.4 Å². The smallest absolute Gasteiger partial charge is 0.262 e. The highest BCUT2D eigenvalue weighted by Crippen LogP contribution is 2.27. The van der Waals surface area contributed by atoms with Gasteiger partial charge in [0.25, 0.3) is 5.91 Å². The maximum atomic E-state index is 12.3. The molecule has 0 radical (unpaired) electrons. The van der Waals surface area contributed by atoms with Gasteiger partial charge in [-0.15, -0.1) is 0 Å². The first-order chi connectivity index (χ1) is 14.3. The number of rotatable bonds is 6. The quantitative estimate of drug-likeness (QED) is 0.768. The number of amides is 3. The van der Waals surface area contributed by atoms with Crippen molar-refractivity contribution in [2.24, 2.45) is 5.92 Å². The maximum absolute atomic E-state index is 12.3. The van der Waals surface area contributed by atoms with Gasteiger partial charge in [-0.25, -0.2) is 0 Å². The highest BCUT2D eigenvalue weighted by atomic mass is 16.5. The zero-order chi connectivity index (χ0) is 21.8. The molecule has 1 aliphatic heterocycles. The van der Waals surface area contributed by atoms with Crippen LogP contribution >= 0.6 is 0 Å². The second-order valence-electron chi connectivity index (χ2n) is 7.62. The second kappa shape index (κ2) is 8.98. The van der Waals surface area contributed by atoms with Crippen molar-refractivity contribution in [1.29, 1.82) is 0 Å². The molecule has 1 atom stereocenters. The first-order valence-corrected chi connectivity index (χ1v) is 9.91. The first kappa shape index (κ1) is 21.4. The second-order valence-corrected chi connectivity index (χ2v) is 7.62. The van der Waals surface area contributed by atoms with E-state index in [9.17, 15) is 14.4 Å². The Kier molecular flexibility index (Phi) is 6.40. The van der Waals surface area contributed by atoms with Crippen molar-refractivity contribution in [1.82, 2.24) is 5.32 Å². The van der Waals surface area contributed by atoms with Gasteiger partial charge in [0.15, 0.2) is 6.61 Å². The molecule has 3 amide bonds. The number of anilines is 2. The van der Waals surface area contributed by atoms with Gasteiger partial charge < -0.3 is 20.3 Å². The molecule has 1 fully saturated rings. The van der Waals surface area contributed by atoms with Crippen molar-refractivity contribution in [3.05, 3.63) is 53.1 Å². The van der Waals surface area contributed by atoms with Gasteiger partial charge in [-0.1, -0.05) is 17.7 Å². The van der Waals surface area contributed by atoms with Gasteiger partial charge >= 0.3 is 0 Å². The third-order valence-electron chi connectivity index (χ3n) is 5.20. The van der Waals surface area contributed by atoms with Crippen LogP contribution in [0.15, 0.2) is 36.4 Å². The molecule has 0 bridgehead atoms. The van der Waals surface area contributed by atoms with Crippen LogP contribution in [0.1, 0.15) is 23.1 Å². The van der Waals surface area contributed by atoms with Crippen molar-refractivity contribution >= 4 is 29.1 Å². The fourth-order valence-electron chi connectivity index (χ4n) is 3.76. The summed E-state index contributed by atoms with van der Waals surface area (Å²) in [5.74, 6) is -0.259. The zero-order valence-electron chi connectivity index (χ0n) is 17.7. The lowest BCUT2D eigenvalue weighted by molar-refractivity contribution is -0.125. The molecular weight excluding hydrogens is 382 g/mol. The van der Waals surface area contributed by atoms with E-state index in [1.807, 2.05) is 32.9 Å². The summed E-state index contributed by atoms with van der Waals surface area (Å²) in [5, 5.41) is 5.49. The van der Waals surface area contributed by atoms with Crippen LogP contribution < -0.4 is 20.3 Å². The van der Waals surface area contributed by atoms with Crippen LogP contribution in [0.25, 0.3) is 0 Å². The van der Waals surface area contributed by atoms with Gasteiger partial charge in [-0.05, 0) is 56.2 Å². The normalized spacial score (nSPS) is 15.8. The summed E-state index contributed by atoms with van der Waals surface area (Å²) in [6.45, 7) is 6.18. The minimum atomic E-state index is -0.337. The minimum Gasteiger partial charge on any atom is -0.484 e. The van der Waals surface area contributed by atoms with Crippen molar-refractivity contribution in [3.8, 4) is 5.75 Å². The minimum absolute atomic E-state index is 0.0829. The molecule has 0 unspecified atom stereocenters. The Bertz CT molecular complexity index is 946. The van der Waals surface area contributed by atoms with E-state index in [4.69, 9.17) is 4.74 Å². The Morgan fingerprint density at radius 3 is 2.33 bits per heavy atom. The van der Waals surface area contributed by atoms with Crippen LogP contribution in [-0.4, -0.2) is 37.9 Å². The number of hydrogen-bond donors (Lipinski definition) is 2. The number of aryl methyl sites for hydroxylation is 3. The molecule has 0 saturated carbocycles. The molecule has 2 N–H and O–H groups in total. The number of benzene rings is 2. The number of hydrogen-bond acceptors (Lipinski definition) is 4. The highest BCUT2D eigenvalue weighted by molar-refractivity contribution is 6.00. The van der Waals surface area contributed by atoms with E-state index >= 15 is 0 Å². The predicted octanol–water partition coefficient (Wildman–Crippen LogP) is 2.73. The predicted molar refractivity (Wildman–Crippen MR) is 116 cm³/mol. The molecule has 0 spiro atoms. The average Bonchev–Trinajstić information content (AvgIpc) is 3.10. The lowest BCUT2D eigenvalue weighted by Crippen LogP contribution is -2.30. The summed E-state index contributed by atoms with van der Waals surface area (Å²) in [5.41, 5.74) is 4.68. The van der Waals surface area contributed by atoms with E-state index in [0.717, 1.165) is 22.4 Å². The molecule has 158 valence electrons. The number of carbonyl (C=O) groups is 3. The average molecular weight is 409 g/mol. The molecule has 1 saturated heterocycles. The maximum Gasteiger partial charge on any atom is 0.262 e. The molecule has 1 aliphatic rings.